The maximum atomic E-state index is 13.0. The Balaban J connectivity index is 1.46. The number of ether oxygens (including phenoxy) is 2. The maximum absolute atomic E-state index is 13.0. The van der Waals surface area contributed by atoms with Crippen molar-refractivity contribution in [2.24, 2.45) is 11.3 Å². The van der Waals surface area contributed by atoms with Gasteiger partial charge in [0, 0.05) is 25.6 Å². The van der Waals surface area contributed by atoms with Crippen LogP contribution in [0.1, 0.15) is 24.5 Å². The Morgan fingerprint density at radius 2 is 2.26 bits per heavy atom. The lowest BCUT2D eigenvalue weighted by Crippen LogP contribution is -2.46. The van der Waals surface area contributed by atoms with Gasteiger partial charge in [-0.15, -0.1) is 0 Å². The van der Waals surface area contributed by atoms with Crippen molar-refractivity contribution in [1.82, 2.24) is 9.62 Å². The first-order valence-electron chi connectivity index (χ1n) is 9.53. The zero-order valence-electron chi connectivity index (χ0n) is 15.6. The molecule has 0 aliphatic carbocycles. The van der Waals surface area contributed by atoms with Crippen molar-refractivity contribution in [2.75, 3.05) is 38.7 Å². The van der Waals surface area contributed by atoms with Crippen LogP contribution in [0.4, 0.5) is 0 Å². The average molecular weight is 394 g/mol. The van der Waals surface area contributed by atoms with E-state index >= 15 is 0 Å². The summed E-state index contributed by atoms with van der Waals surface area (Å²) in [6.45, 7) is 4.08. The number of carbonyl (C=O) groups excluding carboxylic acids is 1. The van der Waals surface area contributed by atoms with Gasteiger partial charge in [0.25, 0.3) is 0 Å². The van der Waals surface area contributed by atoms with Gasteiger partial charge >= 0.3 is 0 Å². The van der Waals surface area contributed by atoms with Crippen molar-refractivity contribution in [3.8, 4) is 5.75 Å². The van der Waals surface area contributed by atoms with E-state index in [4.69, 9.17) is 9.47 Å². The van der Waals surface area contributed by atoms with Crippen LogP contribution in [0.5, 0.6) is 5.75 Å². The summed E-state index contributed by atoms with van der Waals surface area (Å²) in [4.78, 5) is 13.0. The minimum atomic E-state index is -3.31. The Morgan fingerprint density at radius 3 is 3.07 bits per heavy atom. The maximum Gasteiger partial charge on any atom is 0.230 e. The molecule has 27 heavy (non-hydrogen) atoms. The molecule has 148 valence electrons. The third-order valence-corrected chi connectivity index (χ3v) is 7.77. The number of hydrogen-bond acceptors (Lipinski definition) is 5. The molecule has 7 nitrogen and oxygen atoms in total. The number of nitrogens with one attached hydrogen (secondary N) is 1. The smallest absolute Gasteiger partial charge is 0.230 e. The standard InChI is InChI=1S/C19H26N2O5S/c1-2-27(23,24)21-10-16-11-25-13-19(16,12-21)18(22)20-9-14-5-6-17-15(8-14)4-3-7-26-17/h5-6,8,16H,2-4,7,9-13H2,1H3,(H,20,22)/t16-,19-/m1/s1. The summed E-state index contributed by atoms with van der Waals surface area (Å²) in [5, 5.41) is 3.02. The third-order valence-electron chi connectivity index (χ3n) is 5.98. The number of hydrogen-bond donors (Lipinski definition) is 1. The number of fused-ring (bicyclic) bond motifs is 2. The van der Waals surface area contributed by atoms with E-state index in [0.29, 0.717) is 19.7 Å². The van der Waals surface area contributed by atoms with E-state index in [9.17, 15) is 13.2 Å². The van der Waals surface area contributed by atoms with E-state index in [1.807, 2.05) is 12.1 Å². The van der Waals surface area contributed by atoms with Crippen LogP contribution in [0.15, 0.2) is 18.2 Å². The Hall–Kier alpha value is -1.64. The molecule has 2 atom stereocenters. The molecule has 1 amide bonds. The molecule has 3 aliphatic rings. The Kier molecular flexibility index (Phi) is 4.90. The van der Waals surface area contributed by atoms with Crippen LogP contribution >= 0.6 is 0 Å². The van der Waals surface area contributed by atoms with E-state index in [1.54, 1.807) is 6.92 Å². The number of amides is 1. The summed E-state index contributed by atoms with van der Waals surface area (Å²) in [5.74, 6) is 0.772. The molecule has 3 aliphatic heterocycles. The van der Waals surface area contributed by atoms with Gasteiger partial charge in [-0.1, -0.05) is 12.1 Å². The summed E-state index contributed by atoms with van der Waals surface area (Å²) < 4.78 is 37.2. The lowest BCUT2D eigenvalue weighted by atomic mass is 9.80. The number of nitrogens with zero attached hydrogens (tertiary/aromatic N) is 1. The SMILES string of the molecule is CCS(=O)(=O)N1C[C@@H]2COC[C@]2(C(=O)NCc2ccc3c(c2)CCCO3)C1. The zero-order valence-corrected chi connectivity index (χ0v) is 16.4. The Labute approximate surface area is 160 Å². The first-order valence-corrected chi connectivity index (χ1v) is 11.1. The van der Waals surface area contributed by atoms with Gasteiger partial charge in [0.1, 0.15) is 5.75 Å². The highest BCUT2D eigenvalue weighted by molar-refractivity contribution is 7.89. The molecule has 3 heterocycles. The predicted molar refractivity (Wildman–Crippen MR) is 99.9 cm³/mol. The fraction of sp³-hybridized carbons (Fsp3) is 0.632. The second kappa shape index (κ2) is 7.07. The lowest BCUT2D eigenvalue weighted by molar-refractivity contribution is -0.131. The highest BCUT2D eigenvalue weighted by Gasteiger charge is 2.57. The molecule has 0 bridgehead atoms. The van der Waals surface area contributed by atoms with E-state index in [2.05, 4.69) is 11.4 Å². The van der Waals surface area contributed by atoms with E-state index in [0.717, 1.165) is 30.8 Å². The number of carbonyl (C=O) groups is 1. The second-order valence-corrected chi connectivity index (χ2v) is 9.90. The number of sulfonamides is 1. The minimum absolute atomic E-state index is 0.0511. The molecule has 2 fully saturated rings. The van der Waals surface area contributed by atoms with Crippen molar-refractivity contribution < 1.29 is 22.7 Å². The van der Waals surface area contributed by atoms with Gasteiger partial charge in [-0.25, -0.2) is 12.7 Å². The fourth-order valence-corrected chi connectivity index (χ4v) is 5.49. The highest BCUT2D eigenvalue weighted by Crippen LogP contribution is 2.42. The molecule has 0 unspecified atom stereocenters. The quantitative estimate of drug-likeness (QED) is 0.803. The summed E-state index contributed by atoms with van der Waals surface area (Å²) >= 11 is 0. The lowest BCUT2D eigenvalue weighted by Gasteiger charge is -2.26. The number of aryl methyl sites for hydroxylation is 1. The van der Waals surface area contributed by atoms with Crippen LogP contribution in [0.3, 0.4) is 0 Å². The number of rotatable bonds is 5. The van der Waals surface area contributed by atoms with Gasteiger partial charge in [0.05, 0.1) is 31.0 Å². The molecule has 0 radical (unpaired) electrons. The van der Waals surface area contributed by atoms with Crippen LogP contribution in [0.25, 0.3) is 0 Å². The number of benzene rings is 1. The largest absolute Gasteiger partial charge is 0.493 e. The van der Waals surface area contributed by atoms with Crippen molar-refractivity contribution in [2.45, 2.75) is 26.3 Å². The van der Waals surface area contributed by atoms with E-state index in [1.165, 1.54) is 9.87 Å². The molecule has 4 rings (SSSR count). The molecule has 0 spiro atoms. The third kappa shape index (κ3) is 3.34. The molecule has 0 saturated carbocycles. The van der Waals surface area contributed by atoms with E-state index in [-0.39, 0.29) is 30.7 Å². The van der Waals surface area contributed by atoms with Crippen LogP contribution in [0, 0.1) is 11.3 Å². The van der Waals surface area contributed by atoms with Crippen LogP contribution in [0.2, 0.25) is 0 Å². The van der Waals surface area contributed by atoms with Gasteiger partial charge in [-0.2, -0.15) is 0 Å². The monoisotopic (exact) mass is 394 g/mol. The van der Waals surface area contributed by atoms with Crippen molar-refractivity contribution >= 4 is 15.9 Å². The minimum Gasteiger partial charge on any atom is -0.493 e. The summed E-state index contributed by atoms with van der Waals surface area (Å²) in [7, 11) is -3.31. The van der Waals surface area contributed by atoms with Gasteiger partial charge in [0.15, 0.2) is 0 Å². The summed E-state index contributed by atoms with van der Waals surface area (Å²) in [5.41, 5.74) is 1.42. The highest BCUT2D eigenvalue weighted by atomic mass is 32.2. The van der Waals surface area contributed by atoms with Crippen molar-refractivity contribution in [1.29, 1.82) is 0 Å². The molecule has 8 heteroatoms. The molecule has 1 N–H and O–H groups in total. The summed E-state index contributed by atoms with van der Waals surface area (Å²) in [6.07, 6.45) is 1.99. The topological polar surface area (TPSA) is 84.9 Å². The fourth-order valence-electron chi connectivity index (χ4n) is 4.29. The van der Waals surface area contributed by atoms with Gasteiger partial charge in [-0.3, -0.25) is 4.79 Å². The molecule has 2 saturated heterocycles. The van der Waals surface area contributed by atoms with Crippen LogP contribution in [-0.2, 0) is 32.5 Å². The molecular weight excluding hydrogens is 368 g/mol. The normalized spacial score (nSPS) is 27.7. The molecule has 1 aromatic carbocycles. The zero-order chi connectivity index (χ0) is 19.1. The molecular formula is C19H26N2O5S. The van der Waals surface area contributed by atoms with Gasteiger partial charge < -0.3 is 14.8 Å². The average Bonchev–Trinajstić information content (AvgIpc) is 3.25. The van der Waals surface area contributed by atoms with Gasteiger partial charge in [-0.05, 0) is 37.0 Å². The second-order valence-electron chi connectivity index (χ2n) is 7.64. The van der Waals surface area contributed by atoms with Crippen molar-refractivity contribution in [3.63, 3.8) is 0 Å². The molecule has 0 aromatic heterocycles. The van der Waals surface area contributed by atoms with Gasteiger partial charge in [0.2, 0.25) is 15.9 Å². The first-order chi connectivity index (χ1) is 12.9. The first kappa shape index (κ1) is 18.7. The van der Waals surface area contributed by atoms with Crippen LogP contribution < -0.4 is 10.1 Å². The Bertz CT molecular complexity index is 841. The van der Waals surface area contributed by atoms with Crippen LogP contribution in [-0.4, -0.2) is 57.3 Å². The van der Waals surface area contributed by atoms with Crippen molar-refractivity contribution in [3.05, 3.63) is 29.3 Å². The summed E-state index contributed by atoms with van der Waals surface area (Å²) in [6, 6.07) is 6.01. The Morgan fingerprint density at radius 1 is 1.41 bits per heavy atom. The predicted octanol–water partition coefficient (Wildman–Crippen LogP) is 0.926. The molecule has 1 aromatic rings. The van der Waals surface area contributed by atoms with E-state index < -0.39 is 15.4 Å².